The quantitative estimate of drug-likeness (QED) is 0.755. The second-order valence-corrected chi connectivity index (χ2v) is 9.41. The average Bonchev–Trinajstić information content (AvgIpc) is 2.92. The van der Waals surface area contributed by atoms with Crippen LogP contribution in [-0.2, 0) is 21.9 Å². The van der Waals surface area contributed by atoms with Crippen LogP contribution in [0.25, 0.3) is 11.1 Å². The molecule has 0 bridgehead atoms. The number of hydrogen-bond donors (Lipinski definition) is 2. The third kappa shape index (κ3) is 4.30. The third-order valence-electron chi connectivity index (χ3n) is 5.77. The molecule has 0 radical (unpaired) electrons. The van der Waals surface area contributed by atoms with Gasteiger partial charge in [0, 0.05) is 32.1 Å². The highest BCUT2D eigenvalue weighted by atomic mass is 32.2. The molecule has 1 fully saturated rings. The molecule has 1 amide bonds. The van der Waals surface area contributed by atoms with E-state index < -0.39 is 15.8 Å². The molecule has 28 heavy (non-hydrogen) atoms. The van der Waals surface area contributed by atoms with Crippen LogP contribution in [0.3, 0.4) is 0 Å². The molecule has 3 unspecified atom stereocenters. The first-order chi connectivity index (χ1) is 13.2. The van der Waals surface area contributed by atoms with Crippen LogP contribution in [0.5, 0.6) is 0 Å². The lowest BCUT2D eigenvalue weighted by Crippen LogP contribution is -2.44. The number of aryl methyl sites for hydroxylation is 1. The zero-order valence-electron chi connectivity index (χ0n) is 16.4. The van der Waals surface area contributed by atoms with Crippen molar-refractivity contribution in [2.24, 2.45) is 18.9 Å². The van der Waals surface area contributed by atoms with E-state index in [9.17, 15) is 18.0 Å². The molecule has 3 rings (SSSR count). The van der Waals surface area contributed by atoms with Crippen molar-refractivity contribution in [2.75, 3.05) is 6.54 Å². The number of benzene rings is 1. The largest absolute Gasteiger partial charge is 0.419 e. The van der Waals surface area contributed by atoms with Crippen molar-refractivity contribution in [3.05, 3.63) is 28.7 Å². The van der Waals surface area contributed by atoms with Gasteiger partial charge >= 0.3 is 5.76 Å². The number of oxazole rings is 1. The van der Waals surface area contributed by atoms with E-state index in [1.165, 1.54) is 29.2 Å². The minimum Gasteiger partial charge on any atom is -0.408 e. The molecule has 0 aliphatic heterocycles. The first-order valence-electron chi connectivity index (χ1n) is 9.57. The number of nitrogens with zero attached hydrogens (tertiary/aromatic N) is 1. The molecule has 2 N–H and O–H groups in total. The summed E-state index contributed by atoms with van der Waals surface area (Å²) in [6.07, 6.45) is 3.31. The Hall–Kier alpha value is -2.13. The number of carbonyl (C=O) groups excluding carboxylic acids is 1. The Bertz CT molecular complexity index is 1020. The number of rotatable bonds is 6. The first kappa shape index (κ1) is 20.6. The first-order valence-corrected chi connectivity index (χ1v) is 11.1. The summed E-state index contributed by atoms with van der Waals surface area (Å²) in [4.78, 5) is 23.7. The standard InChI is InChI=1S/C19H27N3O5S/c1-12-5-4-6-15(13(12)2)21-18(23)9-10-20-28(25,26)14-7-8-16-17(11-14)27-19(24)22(16)3/h7-8,11-13,15,20H,4-6,9-10H2,1-3H3,(H,21,23). The maximum Gasteiger partial charge on any atom is 0.419 e. The maximum absolute atomic E-state index is 12.5. The number of hydrogen-bond acceptors (Lipinski definition) is 5. The predicted octanol–water partition coefficient (Wildman–Crippen LogP) is 1.74. The molecule has 1 aliphatic carbocycles. The Morgan fingerprint density at radius 3 is 2.79 bits per heavy atom. The van der Waals surface area contributed by atoms with Crippen LogP contribution in [0, 0.1) is 11.8 Å². The van der Waals surface area contributed by atoms with Crippen LogP contribution in [0.2, 0.25) is 0 Å². The van der Waals surface area contributed by atoms with Crippen LogP contribution in [0.15, 0.2) is 32.3 Å². The van der Waals surface area contributed by atoms with E-state index >= 15 is 0 Å². The smallest absolute Gasteiger partial charge is 0.408 e. The van der Waals surface area contributed by atoms with Crippen LogP contribution in [0.1, 0.15) is 39.5 Å². The summed E-state index contributed by atoms with van der Waals surface area (Å²) in [5, 5.41) is 3.03. The van der Waals surface area contributed by atoms with Gasteiger partial charge in [-0.05, 0) is 30.4 Å². The average molecular weight is 410 g/mol. The molecule has 3 atom stereocenters. The summed E-state index contributed by atoms with van der Waals surface area (Å²) in [7, 11) is -2.26. The molecule has 154 valence electrons. The highest BCUT2D eigenvalue weighted by molar-refractivity contribution is 7.89. The zero-order valence-corrected chi connectivity index (χ0v) is 17.2. The Kier molecular flexibility index (Phi) is 5.95. The summed E-state index contributed by atoms with van der Waals surface area (Å²) < 4.78 is 33.7. The topological polar surface area (TPSA) is 110 Å². The second-order valence-electron chi connectivity index (χ2n) is 7.65. The van der Waals surface area contributed by atoms with Gasteiger partial charge in [0.05, 0.1) is 10.4 Å². The van der Waals surface area contributed by atoms with Crippen LogP contribution >= 0.6 is 0 Å². The highest BCUT2D eigenvalue weighted by Crippen LogP contribution is 2.29. The van der Waals surface area contributed by atoms with Gasteiger partial charge in [0.1, 0.15) is 0 Å². The van der Waals surface area contributed by atoms with Crippen molar-refractivity contribution >= 4 is 27.0 Å². The number of carbonyl (C=O) groups is 1. The van der Waals surface area contributed by atoms with Crippen molar-refractivity contribution in [1.29, 1.82) is 0 Å². The molecule has 0 spiro atoms. The summed E-state index contributed by atoms with van der Waals surface area (Å²) >= 11 is 0. The number of fused-ring (bicyclic) bond motifs is 1. The van der Waals surface area contributed by atoms with Gasteiger partial charge in [0.25, 0.3) is 0 Å². The number of nitrogens with one attached hydrogen (secondary N) is 2. The van der Waals surface area contributed by atoms with Crippen molar-refractivity contribution in [3.8, 4) is 0 Å². The van der Waals surface area contributed by atoms with Crippen LogP contribution < -0.4 is 15.8 Å². The van der Waals surface area contributed by atoms with Crippen molar-refractivity contribution < 1.29 is 17.6 Å². The molecule has 9 heteroatoms. The molecule has 2 aromatic rings. The molecule has 0 saturated heterocycles. The summed E-state index contributed by atoms with van der Waals surface area (Å²) in [5.41, 5.74) is 0.715. The number of amides is 1. The lowest BCUT2D eigenvalue weighted by molar-refractivity contribution is -0.122. The molecular weight excluding hydrogens is 382 g/mol. The van der Waals surface area contributed by atoms with Gasteiger partial charge in [-0.15, -0.1) is 0 Å². The molecule has 8 nitrogen and oxygen atoms in total. The van der Waals surface area contributed by atoms with Crippen molar-refractivity contribution in [2.45, 2.75) is 50.5 Å². The molecule has 1 saturated carbocycles. The van der Waals surface area contributed by atoms with E-state index in [1.807, 2.05) is 0 Å². The summed E-state index contributed by atoms with van der Waals surface area (Å²) in [5.74, 6) is 0.283. The number of aromatic nitrogens is 1. The van der Waals surface area contributed by atoms with Gasteiger partial charge in [-0.3, -0.25) is 9.36 Å². The van der Waals surface area contributed by atoms with E-state index in [0.717, 1.165) is 12.8 Å². The van der Waals surface area contributed by atoms with E-state index in [0.29, 0.717) is 17.4 Å². The Balaban J connectivity index is 1.57. The van der Waals surface area contributed by atoms with E-state index in [4.69, 9.17) is 4.42 Å². The van der Waals surface area contributed by atoms with Crippen LogP contribution in [-0.4, -0.2) is 31.5 Å². The highest BCUT2D eigenvalue weighted by Gasteiger charge is 2.28. The van der Waals surface area contributed by atoms with Gasteiger partial charge in [0.2, 0.25) is 15.9 Å². The number of sulfonamides is 1. The van der Waals surface area contributed by atoms with Gasteiger partial charge in [-0.25, -0.2) is 17.9 Å². The zero-order chi connectivity index (χ0) is 20.5. The molecule has 1 aliphatic rings. The second kappa shape index (κ2) is 8.08. The Morgan fingerprint density at radius 2 is 2.04 bits per heavy atom. The van der Waals surface area contributed by atoms with E-state index in [1.54, 1.807) is 7.05 Å². The van der Waals surface area contributed by atoms with E-state index in [2.05, 4.69) is 23.9 Å². The van der Waals surface area contributed by atoms with Gasteiger partial charge < -0.3 is 9.73 Å². The normalized spacial score (nSPS) is 23.0. The molecule has 1 aromatic heterocycles. The molecule has 1 heterocycles. The fourth-order valence-electron chi connectivity index (χ4n) is 3.73. The fraction of sp³-hybridized carbons (Fsp3) is 0.579. The lowest BCUT2D eigenvalue weighted by Gasteiger charge is -2.34. The van der Waals surface area contributed by atoms with Crippen molar-refractivity contribution in [3.63, 3.8) is 0 Å². The Morgan fingerprint density at radius 1 is 1.29 bits per heavy atom. The monoisotopic (exact) mass is 409 g/mol. The van der Waals surface area contributed by atoms with Crippen molar-refractivity contribution in [1.82, 2.24) is 14.6 Å². The molecule has 1 aromatic carbocycles. The van der Waals surface area contributed by atoms with Gasteiger partial charge in [0.15, 0.2) is 5.58 Å². The van der Waals surface area contributed by atoms with Gasteiger partial charge in [-0.1, -0.05) is 26.7 Å². The Labute approximate surface area is 164 Å². The van der Waals surface area contributed by atoms with E-state index in [-0.39, 0.29) is 35.4 Å². The predicted molar refractivity (Wildman–Crippen MR) is 105 cm³/mol. The lowest BCUT2D eigenvalue weighted by atomic mass is 9.78. The minimum atomic E-state index is -3.80. The SMILES string of the molecule is CC1CCCC(NC(=O)CCNS(=O)(=O)c2ccc3c(c2)oc(=O)n3C)C1C. The third-order valence-corrected chi connectivity index (χ3v) is 7.23. The van der Waals surface area contributed by atoms with Crippen LogP contribution in [0.4, 0.5) is 0 Å². The molecular formula is C19H27N3O5S. The minimum absolute atomic E-state index is 0.00158. The summed E-state index contributed by atoms with van der Waals surface area (Å²) in [6.45, 7) is 4.35. The maximum atomic E-state index is 12.5. The summed E-state index contributed by atoms with van der Waals surface area (Å²) in [6, 6.07) is 4.39. The van der Waals surface area contributed by atoms with Gasteiger partial charge in [-0.2, -0.15) is 0 Å². The fourth-order valence-corrected chi connectivity index (χ4v) is 4.78.